The highest BCUT2D eigenvalue weighted by Gasteiger charge is 2.22. The lowest BCUT2D eigenvalue weighted by Crippen LogP contribution is -2.04. The van der Waals surface area contributed by atoms with Gasteiger partial charge in [0.2, 0.25) is 0 Å². The predicted octanol–water partition coefficient (Wildman–Crippen LogP) is 1.98. The quantitative estimate of drug-likeness (QED) is 0.732. The summed E-state index contributed by atoms with van der Waals surface area (Å²) >= 11 is -1.13. The average Bonchev–Trinajstić information content (AvgIpc) is 2.72. The summed E-state index contributed by atoms with van der Waals surface area (Å²) in [5, 5.41) is 8.97. The molecule has 82 valence electrons. The highest BCUT2D eigenvalue weighted by atomic mass is 32.2. The molecule has 1 aromatic carbocycles. The summed E-state index contributed by atoms with van der Waals surface area (Å²) in [7, 11) is 0. The SMILES string of the molecule is CC[S+]([O-])N=C1CCc2c(C#N)cccc21. The average molecular weight is 232 g/mol. The fraction of sp³-hybridized carbons (Fsp3) is 0.333. The van der Waals surface area contributed by atoms with E-state index < -0.39 is 11.4 Å². The first kappa shape index (κ1) is 11.2. The van der Waals surface area contributed by atoms with Crippen molar-refractivity contribution in [2.45, 2.75) is 19.8 Å². The molecule has 1 aliphatic rings. The highest BCUT2D eigenvalue weighted by molar-refractivity contribution is 7.90. The third-order valence-corrected chi connectivity index (χ3v) is 3.60. The Morgan fingerprint density at radius 3 is 3.00 bits per heavy atom. The van der Waals surface area contributed by atoms with Gasteiger partial charge in [0.15, 0.2) is 0 Å². The Kier molecular flexibility index (Phi) is 3.28. The van der Waals surface area contributed by atoms with Gasteiger partial charge in [0.1, 0.15) is 5.75 Å². The molecule has 3 nitrogen and oxygen atoms in total. The van der Waals surface area contributed by atoms with Crippen LogP contribution >= 0.6 is 0 Å². The molecule has 0 N–H and O–H groups in total. The van der Waals surface area contributed by atoms with Gasteiger partial charge in [0.25, 0.3) is 0 Å². The molecule has 0 bridgehead atoms. The molecule has 0 amide bonds. The molecule has 0 spiro atoms. The molecule has 1 aliphatic carbocycles. The summed E-state index contributed by atoms with van der Waals surface area (Å²) in [6.07, 6.45) is 1.62. The summed E-state index contributed by atoms with van der Waals surface area (Å²) in [6.45, 7) is 1.85. The van der Waals surface area contributed by atoms with Crippen LogP contribution in [0.4, 0.5) is 0 Å². The van der Waals surface area contributed by atoms with E-state index in [-0.39, 0.29) is 0 Å². The van der Waals surface area contributed by atoms with Crippen LogP contribution in [0.1, 0.15) is 30.0 Å². The van der Waals surface area contributed by atoms with Crippen molar-refractivity contribution >= 4 is 17.1 Å². The van der Waals surface area contributed by atoms with Crippen molar-refractivity contribution in [3.63, 3.8) is 0 Å². The van der Waals surface area contributed by atoms with E-state index in [1.807, 2.05) is 25.1 Å². The highest BCUT2D eigenvalue weighted by Crippen LogP contribution is 2.26. The monoisotopic (exact) mass is 232 g/mol. The van der Waals surface area contributed by atoms with Crippen LogP contribution in [0.3, 0.4) is 0 Å². The van der Waals surface area contributed by atoms with Crippen molar-refractivity contribution < 1.29 is 4.55 Å². The van der Waals surface area contributed by atoms with Gasteiger partial charge in [-0.25, -0.2) is 0 Å². The summed E-state index contributed by atoms with van der Waals surface area (Å²) in [6, 6.07) is 7.81. The zero-order chi connectivity index (χ0) is 11.5. The van der Waals surface area contributed by atoms with Crippen LogP contribution in [0.15, 0.2) is 22.6 Å². The summed E-state index contributed by atoms with van der Waals surface area (Å²) in [4.78, 5) is 0. The van der Waals surface area contributed by atoms with E-state index in [2.05, 4.69) is 10.5 Å². The summed E-state index contributed by atoms with van der Waals surface area (Å²) < 4.78 is 15.6. The van der Waals surface area contributed by atoms with E-state index in [1.165, 1.54) is 0 Å². The van der Waals surface area contributed by atoms with Crippen LogP contribution in [0.5, 0.6) is 0 Å². The largest absolute Gasteiger partial charge is 0.591 e. The molecule has 0 saturated carbocycles. The molecule has 0 fully saturated rings. The van der Waals surface area contributed by atoms with E-state index >= 15 is 0 Å². The van der Waals surface area contributed by atoms with Gasteiger partial charge >= 0.3 is 0 Å². The molecular formula is C12H12N2OS. The van der Waals surface area contributed by atoms with Crippen molar-refractivity contribution in [2.75, 3.05) is 5.75 Å². The van der Waals surface area contributed by atoms with Gasteiger partial charge in [-0.1, -0.05) is 16.5 Å². The third kappa shape index (κ3) is 1.97. The van der Waals surface area contributed by atoms with Crippen LogP contribution in [-0.2, 0) is 17.8 Å². The van der Waals surface area contributed by atoms with Crippen molar-refractivity contribution in [1.82, 2.24) is 0 Å². The Morgan fingerprint density at radius 1 is 1.50 bits per heavy atom. The number of hydrogen-bond donors (Lipinski definition) is 0. The second-order valence-corrected chi connectivity index (χ2v) is 4.99. The Hall–Kier alpha value is -1.31. The van der Waals surface area contributed by atoms with Crippen LogP contribution in [0.2, 0.25) is 0 Å². The Labute approximate surface area is 98.1 Å². The summed E-state index contributed by atoms with van der Waals surface area (Å²) in [5.74, 6) is 0.538. The zero-order valence-electron chi connectivity index (χ0n) is 9.06. The van der Waals surface area contributed by atoms with Gasteiger partial charge in [-0.05, 0) is 31.4 Å². The van der Waals surface area contributed by atoms with Gasteiger partial charge in [0, 0.05) is 5.56 Å². The van der Waals surface area contributed by atoms with Crippen molar-refractivity contribution in [3.05, 3.63) is 34.9 Å². The minimum atomic E-state index is -1.13. The Balaban J connectivity index is 2.42. The Bertz CT molecular complexity index is 476. The lowest BCUT2D eigenvalue weighted by molar-refractivity contribution is 0.598. The fourth-order valence-electron chi connectivity index (χ4n) is 1.89. The Morgan fingerprint density at radius 2 is 2.31 bits per heavy atom. The molecule has 0 heterocycles. The third-order valence-electron chi connectivity index (χ3n) is 2.68. The maximum Gasteiger partial charge on any atom is 0.130 e. The molecule has 0 aliphatic heterocycles. The molecule has 4 heteroatoms. The first-order chi connectivity index (χ1) is 7.76. The number of fused-ring (bicyclic) bond motifs is 1. The van der Waals surface area contributed by atoms with E-state index in [0.29, 0.717) is 11.3 Å². The second kappa shape index (κ2) is 4.69. The first-order valence-corrected chi connectivity index (χ1v) is 6.52. The molecule has 0 aromatic heterocycles. The maximum absolute atomic E-state index is 11.4. The van der Waals surface area contributed by atoms with E-state index in [4.69, 9.17) is 5.26 Å². The smallest absolute Gasteiger partial charge is 0.130 e. The van der Waals surface area contributed by atoms with Crippen LogP contribution in [-0.4, -0.2) is 16.0 Å². The molecule has 1 aromatic rings. The molecule has 2 rings (SSSR count). The van der Waals surface area contributed by atoms with Gasteiger partial charge in [-0.15, -0.1) is 0 Å². The van der Waals surface area contributed by atoms with E-state index in [0.717, 1.165) is 29.7 Å². The normalized spacial score (nSPS) is 18.2. The molecule has 0 saturated heterocycles. The van der Waals surface area contributed by atoms with Crippen molar-refractivity contribution in [2.24, 2.45) is 4.40 Å². The van der Waals surface area contributed by atoms with Crippen molar-refractivity contribution in [3.8, 4) is 6.07 Å². The topological polar surface area (TPSA) is 59.2 Å². The van der Waals surface area contributed by atoms with E-state index in [9.17, 15) is 4.55 Å². The molecule has 1 unspecified atom stereocenters. The van der Waals surface area contributed by atoms with Crippen LogP contribution < -0.4 is 0 Å². The van der Waals surface area contributed by atoms with Gasteiger partial charge < -0.3 is 4.55 Å². The second-order valence-electron chi connectivity index (χ2n) is 3.59. The number of nitriles is 1. The zero-order valence-corrected chi connectivity index (χ0v) is 9.88. The summed E-state index contributed by atoms with van der Waals surface area (Å²) in [5.41, 5.74) is 3.65. The maximum atomic E-state index is 11.4. The van der Waals surface area contributed by atoms with Crippen LogP contribution in [0, 0.1) is 11.3 Å². The number of nitrogens with zero attached hydrogens (tertiary/aromatic N) is 2. The molecule has 0 radical (unpaired) electrons. The standard InChI is InChI=1S/C12H12N2OS/c1-2-16(15)14-12-7-6-10-9(8-13)4-3-5-11(10)12/h3-5H,2,6-7H2,1H3. The van der Waals surface area contributed by atoms with Gasteiger partial charge in [-0.3, -0.25) is 0 Å². The minimum Gasteiger partial charge on any atom is -0.591 e. The number of benzene rings is 1. The number of hydrogen-bond acceptors (Lipinski definition) is 3. The lowest BCUT2D eigenvalue weighted by Gasteiger charge is -2.03. The minimum absolute atomic E-state index is 0.538. The van der Waals surface area contributed by atoms with Crippen LogP contribution in [0.25, 0.3) is 0 Å². The first-order valence-electron chi connectivity index (χ1n) is 5.24. The van der Waals surface area contributed by atoms with Gasteiger partial charge in [-0.2, -0.15) is 5.26 Å². The molecule has 16 heavy (non-hydrogen) atoms. The predicted molar refractivity (Wildman–Crippen MR) is 64.7 cm³/mol. The van der Waals surface area contributed by atoms with Crippen molar-refractivity contribution in [1.29, 1.82) is 5.26 Å². The van der Waals surface area contributed by atoms with Gasteiger partial charge in [0.05, 0.1) is 28.7 Å². The van der Waals surface area contributed by atoms with E-state index in [1.54, 1.807) is 0 Å². The number of rotatable bonds is 2. The fourth-order valence-corrected chi connectivity index (χ4v) is 2.46. The molecule has 1 atom stereocenters. The lowest BCUT2D eigenvalue weighted by atomic mass is 10.0. The molecular weight excluding hydrogens is 220 g/mol.